The molecule has 0 atom stereocenters. The number of hydrogen-bond acceptors (Lipinski definition) is 0. The molecule has 0 heteroatoms. The Bertz CT molecular complexity index is 1030. The molecule has 0 aliphatic heterocycles. The summed E-state index contributed by atoms with van der Waals surface area (Å²) in [5.74, 6) is 0. The second-order valence-electron chi connectivity index (χ2n) is 10.4. The van der Waals surface area contributed by atoms with Crippen molar-refractivity contribution < 1.29 is 0 Å². The minimum absolute atomic E-state index is 1.37. The molecule has 5 aromatic carbocycles. The molecular formula is C50H80. The van der Waals surface area contributed by atoms with E-state index in [1.54, 1.807) is 0 Å². The largest absolute Gasteiger partial charge is 0.0683 e. The summed E-state index contributed by atoms with van der Waals surface area (Å²) in [5.41, 5.74) is 13.7. The molecule has 0 aromatic heterocycles. The molecule has 0 fully saturated rings. The molecule has 50 heavy (non-hydrogen) atoms. The Hall–Kier alpha value is -3.90. The van der Waals surface area contributed by atoms with E-state index in [2.05, 4.69) is 191 Å². The van der Waals surface area contributed by atoms with Gasteiger partial charge in [0.1, 0.15) is 0 Å². The molecule has 0 N–H and O–H groups in total. The summed E-state index contributed by atoms with van der Waals surface area (Å²) < 4.78 is 0. The predicted octanol–water partition coefficient (Wildman–Crippen LogP) is 16.6. The Morgan fingerprint density at radius 2 is 0.220 bits per heavy atom. The van der Waals surface area contributed by atoms with Crippen molar-refractivity contribution in [3.8, 4) is 0 Å². The van der Waals surface area contributed by atoms with Crippen molar-refractivity contribution in [2.45, 2.75) is 138 Å². The second-order valence-corrected chi connectivity index (χ2v) is 10.4. The zero-order chi connectivity index (χ0) is 39.9. The fourth-order valence-electron chi connectivity index (χ4n) is 3.31. The van der Waals surface area contributed by atoms with Gasteiger partial charge < -0.3 is 0 Å². The highest BCUT2D eigenvalue weighted by molar-refractivity contribution is 5.26. The summed E-state index contributed by atoms with van der Waals surface area (Å²) >= 11 is 0. The lowest BCUT2D eigenvalue weighted by Gasteiger charge is -1.93. The SMILES string of the molecule is CC.CC.CC.CC.CC.Cc1ccccc1C.Cc1ccccc1C.Cc1ccccc1C.Cc1ccccc1C.Cc1ccccc1C. The fraction of sp³-hybridized carbons (Fsp3) is 0.400. The second kappa shape index (κ2) is 41.3. The number of benzene rings is 5. The van der Waals surface area contributed by atoms with Gasteiger partial charge in [-0.2, -0.15) is 0 Å². The first-order chi connectivity index (χ1) is 24.0. The summed E-state index contributed by atoms with van der Waals surface area (Å²) in [6.07, 6.45) is 0. The van der Waals surface area contributed by atoms with E-state index in [1.165, 1.54) is 55.6 Å². The molecule has 5 rings (SSSR count). The van der Waals surface area contributed by atoms with Crippen LogP contribution in [0.25, 0.3) is 0 Å². The molecule has 0 radical (unpaired) electrons. The molecule has 0 nitrogen and oxygen atoms in total. The van der Waals surface area contributed by atoms with Gasteiger partial charge in [-0.05, 0) is 125 Å². The number of aryl methyl sites for hydroxylation is 10. The van der Waals surface area contributed by atoms with E-state index in [4.69, 9.17) is 0 Å². The number of hydrogen-bond donors (Lipinski definition) is 0. The highest BCUT2D eigenvalue weighted by Crippen LogP contribution is 2.05. The summed E-state index contributed by atoms with van der Waals surface area (Å²) in [6, 6.07) is 41.8. The van der Waals surface area contributed by atoms with Gasteiger partial charge in [-0.1, -0.05) is 191 Å². The molecule has 5 aromatic rings. The third kappa shape index (κ3) is 31.4. The van der Waals surface area contributed by atoms with E-state index in [-0.39, 0.29) is 0 Å². The Kier molecular flexibility index (Phi) is 45.8. The fourth-order valence-corrected chi connectivity index (χ4v) is 3.31. The lowest BCUT2D eigenvalue weighted by Crippen LogP contribution is -1.74. The topological polar surface area (TPSA) is 0 Å². The molecule has 0 spiro atoms. The molecule has 0 aliphatic rings. The van der Waals surface area contributed by atoms with Gasteiger partial charge in [0, 0.05) is 0 Å². The Labute approximate surface area is 314 Å². The highest BCUT2D eigenvalue weighted by Gasteiger charge is 1.86. The van der Waals surface area contributed by atoms with Crippen LogP contribution in [0.15, 0.2) is 121 Å². The summed E-state index contributed by atoms with van der Waals surface area (Å²) in [7, 11) is 0. The van der Waals surface area contributed by atoms with Gasteiger partial charge in [0.25, 0.3) is 0 Å². The summed E-state index contributed by atoms with van der Waals surface area (Å²) in [4.78, 5) is 0. The maximum absolute atomic E-state index is 2.12. The third-order valence-electron chi connectivity index (χ3n) is 7.13. The minimum Gasteiger partial charge on any atom is -0.0683 e. The lowest BCUT2D eigenvalue weighted by atomic mass is 10.1. The maximum atomic E-state index is 2.12. The Morgan fingerprint density at radius 1 is 0.160 bits per heavy atom. The normalized spacial score (nSPS) is 8.00. The van der Waals surface area contributed by atoms with Gasteiger partial charge in [0.15, 0.2) is 0 Å². The maximum Gasteiger partial charge on any atom is -0.0395 e. The molecule has 0 aliphatic carbocycles. The lowest BCUT2D eigenvalue weighted by molar-refractivity contribution is 1.34. The van der Waals surface area contributed by atoms with Crippen LogP contribution in [0.1, 0.15) is 125 Å². The molecule has 0 saturated carbocycles. The van der Waals surface area contributed by atoms with Crippen LogP contribution >= 0.6 is 0 Å². The smallest absolute Gasteiger partial charge is 0.0395 e. The van der Waals surface area contributed by atoms with Crippen molar-refractivity contribution in [2.24, 2.45) is 0 Å². The van der Waals surface area contributed by atoms with Gasteiger partial charge >= 0.3 is 0 Å². The average Bonchev–Trinajstić information content (AvgIpc) is 3.16. The molecular weight excluding hydrogens is 601 g/mol. The Morgan fingerprint density at radius 3 is 0.260 bits per heavy atom. The zero-order valence-corrected chi connectivity index (χ0v) is 36.5. The first-order valence-electron chi connectivity index (χ1n) is 19.1. The minimum atomic E-state index is 1.37. The van der Waals surface area contributed by atoms with Gasteiger partial charge in [-0.25, -0.2) is 0 Å². The summed E-state index contributed by atoms with van der Waals surface area (Å²) in [5, 5.41) is 0. The molecule has 280 valence electrons. The van der Waals surface area contributed by atoms with Crippen LogP contribution in [0.5, 0.6) is 0 Å². The van der Waals surface area contributed by atoms with Crippen molar-refractivity contribution in [3.63, 3.8) is 0 Å². The first-order valence-corrected chi connectivity index (χ1v) is 19.1. The van der Waals surface area contributed by atoms with Crippen LogP contribution in [-0.4, -0.2) is 0 Å². The van der Waals surface area contributed by atoms with Crippen LogP contribution in [0.4, 0.5) is 0 Å². The quantitative estimate of drug-likeness (QED) is 0.153. The first kappa shape index (κ1) is 55.5. The molecule has 0 heterocycles. The van der Waals surface area contributed by atoms with Crippen LogP contribution < -0.4 is 0 Å². The molecule has 0 unspecified atom stereocenters. The van der Waals surface area contributed by atoms with E-state index in [0.717, 1.165) is 0 Å². The van der Waals surface area contributed by atoms with E-state index in [0.29, 0.717) is 0 Å². The van der Waals surface area contributed by atoms with E-state index < -0.39 is 0 Å². The van der Waals surface area contributed by atoms with Gasteiger partial charge in [-0.15, -0.1) is 0 Å². The van der Waals surface area contributed by atoms with Crippen molar-refractivity contribution in [1.29, 1.82) is 0 Å². The average molecular weight is 681 g/mol. The molecule has 0 saturated heterocycles. The highest BCUT2D eigenvalue weighted by atomic mass is 13.9. The predicted molar refractivity (Wildman–Crippen MR) is 236 cm³/mol. The van der Waals surface area contributed by atoms with Crippen LogP contribution in [0.3, 0.4) is 0 Å². The molecule has 0 amide bonds. The Balaban J connectivity index is -0.000000158. The van der Waals surface area contributed by atoms with E-state index in [9.17, 15) is 0 Å². The monoisotopic (exact) mass is 681 g/mol. The van der Waals surface area contributed by atoms with Crippen molar-refractivity contribution in [2.75, 3.05) is 0 Å². The zero-order valence-electron chi connectivity index (χ0n) is 36.5. The number of rotatable bonds is 0. The summed E-state index contributed by atoms with van der Waals surface area (Å²) in [6.45, 7) is 41.2. The van der Waals surface area contributed by atoms with Gasteiger partial charge in [-0.3, -0.25) is 0 Å². The van der Waals surface area contributed by atoms with Crippen LogP contribution in [0, 0.1) is 69.2 Å². The van der Waals surface area contributed by atoms with E-state index in [1.807, 2.05) is 69.2 Å². The van der Waals surface area contributed by atoms with Crippen LogP contribution in [-0.2, 0) is 0 Å². The standard InChI is InChI=1S/5C8H10.5C2H6/c5*1-7-5-3-4-6-8(7)2;5*1-2/h5*3-6H,1-2H3;5*1-2H3. The van der Waals surface area contributed by atoms with Gasteiger partial charge in [0.2, 0.25) is 0 Å². The van der Waals surface area contributed by atoms with Crippen molar-refractivity contribution in [1.82, 2.24) is 0 Å². The molecule has 0 bridgehead atoms. The third-order valence-corrected chi connectivity index (χ3v) is 7.13. The van der Waals surface area contributed by atoms with Gasteiger partial charge in [0.05, 0.1) is 0 Å². The van der Waals surface area contributed by atoms with Crippen molar-refractivity contribution in [3.05, 3.63) is 177 Å². The van der Waals surface area contributed by atoms with Crippen molar-refractivity contribution >= 4 is 0 Å². The van der Waals surface area contributed by atoms with Crippen LogP contribution in [0.2, 0.25) is 0 Å². The van der Waals surface area contributed by atoms with E-state index >= 15 is 0 Å².